The van der Waals surface area contributed by atoms with E-state index in [2.05, 4.69) is 0 Å². The van der Waals surface area contributed by atoms with Gasteiger partial charge in [0.1, 0.15) is 0 Å². The SMILES string of the molecule is CC(C)(C)C1CC(F)(F)C1.CC(C)(C)N1CC(F)(F)C1. The molecule has 0 radical (unpaired) electrons. The fourth-order valence-corrected chi connectivity index (χ4v) is 2.26. The second-order valence-electron chi connectivity index (χ2n) is 8.21. The van der Waals surface area contributed by atoms with Crippen LogP contribution in [0.1, 0.15) is 54.4 Å². The minimum absolute atomic E-state index is 0.0711. The number of rotatable bonds is 0. The van der Waals surface area contributed by atoms with Gasteiger partial charge in [-0.15, -0.1) is 0 Å². The van der Waals surface area contributed by atoms with Crippen molar-refractivity contribution in [3.05, 3.63) is 0 Å². The van der Waals surface area contributed by atoms with Crippen molar-refractivity contribution in [1.29, 1.82) is 0 Å². The molecule has 0 amide bonds. The smallest absolute Gasteiger partial charge is 0.272 e. The highest BCUT2D eigenvalue weighted by atomic mass is 19.3. The maximum absolute atomic E-state index is 12.3. The molecule has 1 aliphatic heterocycles. The third-order valence-corrected chi connectivity index (χ3v) is 4.11. The summed E-state index contributed by atoms with van der Waals surface area (Å²) in [6, 6.07) is 0. The van der Waals surface area contributed by atoms with Crippen molar-refractivity contribution in [2.75, 3.05) is 13.1 Å². The van der Waals surface area contributed by atoms with E-state index in [1.54, 1.807) is 4.90 Å². The predicted molar refractivity (Wildman–Crippen MR) is 73.4 cm³/mol. The zero-order valence-corrected chi connectivity index (χ0v) is 13.4. The summed E-state index contributed by atoms with van der Waals surface area (Å²) in [5.41, 5.74) is -0.0244. The monoisotopic (exact) mass is 297 g/mol. The van der Waals surface area contributed by atoms with Gasteiger partial charge < -0.3 is 0 Å². The molecule has 120 valence electrons. The van der Waals surface area contributed by atoms with Gasteiger partial charge in [-0.1, -0.05) is 20.8 Å². The first-order valence-electron chi connectivity index (χ1n) is 7.13. The molecule has 0 aromatic heterocycles. The molecule has 0 atom stereocenters. The third kappa shape index (κ3) is 4.90. The molecule has 2 aliphatic rings. The second-order valence-corrected chi connectivity index (χ2v) is 8.21. The van der Waals surface area contributed by atoms with Crippen molar-refractivity contribution < 1.29 is 17.6 Å². The number of alkyl halides is 4. The summed E-state index contributed by atoms with van der Waals surface area (Å²) < 4.78 is 49.2. The van der Waals surface area contributed by atoms with Crippen LogP contribution in [0.15, 0.2) is 0 Å². The van der Waals surface area contributed by atoms with Gasteiger partial charge in [-0.05, 0) is 32.1 Å². The Labute approximate surface area is 119 Å². The highest BCUT2D eigenvalue weighted by Gasteiger charge is 2.49. The van der Waals surface area contributed by atoms with Crippen molar-refractivity contribution in [3.63, 3.8) is 0 Å². The zero-order chi connectivity index (χ0) is 16.0. The quantitative estimate of drug-likeness (QED) is 0.580. The van der Waals surface area contributed by atoms with Gasteiger partial charge in [0.05, 0.1) is 13.1 Å². The van der Waals surface area contributed by atoms with Gasteiger partial charge in [-0.25, -0.2) is 17.6 Å². The van der Waals surface area contributed by atoms with Crippen LogP contribution in [0.2, 0.25) is 0 Å². The van der Waals surface area contributed by atoms with Crippen molar-refractivity contribution in [3.8, 4) is 0 Å². The molecule has 0 N–H and O–H groups in total. The normalized spacial score (nSPS) is 26.1. The highest BCUT2D eigenvalue weighted by molar-refractivity contribution is 4.94. The number of hydrogen-bond acceptors (Lipinski definition) is 1. The molecule has 2 rings (SSSR count). The first-order chi connectivity index (χ1) is 8.62. The molecular weight excluding hydrogens is 270 g/mol. The number of nitrogens with zero attached hydrogens (tertiary/aromatic N) is 1. The van der Waals surface area contributed by atoms with E-state index < -0.39 is 11.8 Å². The Kier molecular flexibility index (Phi) is 4.56. The summed E-state index contributed by atoms with van der Waals surface area (Å²) in [6.45, 7) is 11.8. The van der Waals surface area contributed by atoms with E-state index in [4.69, 9.17) is 0 Å². The standard InChI is InChI=1S/C8H14F2.C7H13F2N/c1-7(2,3)6-4-8(9,10)5-6;1-6(2,3)10-4-7(8,9)5-10/h6H,4-5H2,1-3H3;4-5H2,1-3H3. The molecule has 0 bridgehead atoms. The highest BCUT2D eigenvalue weighted by Crippen LogP contribution is 2.50. The molecule has 20 heavy (non-hydrogen) atoms. The van der Waals surface area contributed by atoms with E-state index in [0.717, 1.165) is 0 Å². The van der Waals surface area contributed by atoms with Crippen molar-refractivity contribution in [2.45, 2.75) is 71.8 Å². The first-order valence-corrected chi connectivity index (χ1v) is 7.13. The first kappa shape index (κ1) is 17.7. The van der Waals surface area contributed by atoms with Gasteiger partial charge in [0.15, 0.2) is 0 Å². The Hall–Kier alpha value is -0.320. The maximum atomic E-state index is 12.3. The fourth-order valence-electron chi connectivity index (χ4n) is 2.26. The Balaban J connectivity index is 0.000000200. The summed E-state index contributed by atoms with van der Waals surface area (Å²) >= 11 is 0. The molecule has 1 saturated heterocycles. The van der Waals surface area contributed by atoms with Gasteiger partial charge >= 0.3 is 0 Å². The van der Waals surface area contributed by atoms with Crippen LogP contribution in [-0.2, 0) is 0 Å². The lowest BCUT2D eigenvalue weighted by atomic mass is 9.66. The average molecular weight is 297 g/mol. The molecule has 1 nitrogen and oxygen atoms in total. The Morgan fingerprint density at radius 2 is 1.20 bits per heavy atom. The van der Waals surface area contributed by atoms with Gasteiger partial charge in [0.25, 0.3) is 5.92 Å². The lowest BCUT2D eigenvalue weighted by Crippen LogP contribution is -2.62. The third-order valence-electron chi connectivity index (χ3n) is 4.11. The zero-order valence-electron chi connectivity index (χ0n) is 13.4. The van der Waals surface area contributed by atoms with Crippen LogP contribution in [0.3, 0.4) is 0 Å². The topological polar surface area (TPSA) is 3.24 Å². The Morgan fingerprint density at radius 3 is 1.30 bits per heavy atom. The van der Waals surface area contributed by atoms with Gasteiger partial charge in [-0.3, -0.25) is 4.90 Å². The van der Waals surface area contributed by atoms with E-state index >= 15 is 0 Å². The molecule has 1 saturated carbocycles. The fraction of sp³-hybridized carbons (Fsp3) is 1.00. The minimum atomic E-state index is -2.42. The van der Waals surface area contributed by atoms with Crippen molar-refractivity contribution in [1.82, 2.24) is 4.90 Å². The van der Waals surface area contributed by atoms with Crippen LogP contribution in [-0.4, -0.2) is 35.4 Å². The molecule has 1 aliphatic carbocycles. The van der Waals surface area contributed by atoms with Crippen LogP contribution in [0, 0.1) is 11.3 Å². The molecule has 2 fully saturated rings. The van der Waals surface area contributed by atoms with Gasteiger partial charge in [0.2, 0.25) is 5.92 Å². The molecule has 0 spiro atoms. The Morgan fingerprint density at radius 1 is 0.800 bits per heavy atom. The van der Waals surface area contributed by atoms with E-state index in [1.165, 1.54) is 0 Å². The predicted octanol–water partition coefficient (Wildman–Crippen LogP) is 4.81. The molecule has 5 heteroatoms. The van der Waals surface area contributed by atoms with E-state index in [1.807, 2.05) is 41.5 Å². The average Bonchev–Trinajstić information content (AvgIpc) is 2.08. The van der Waals surface area contributed by atoms with Crippen molar-refractivity contribution in [2.24, 2.45) is 11.3 Å². The lowest BCUT2D eigenvalue weighted by molar-refractivity contribution is -0.160. The summed E-state index contributed by atoms with van der Waals surface area (Å²) in [5, 5.41) is 0. The number of hydrogen-bond donors (Lipinski definition) is 0. The minimum Gasteiger partial charge on any atom is -0.286 e. The molecule has 0 unspecified atom stereocenters. The lowest BCUT2D eigenvalue weighted by Gasteiger charge is -2.47. The Bertz CT molecular complexity index is 289. The summed E-state index contributed by atoms with van der Waals surface area (Å²) in [5.74, 6) is -4.55. The van der Waals surface area contributed by atoms with Crippen LogP contribution in [0.25, 0.3) is 0 Å². The molecule has 0 aromatic rings. The number of halogens is 4. The van der Waals surface area contributed by atoms with Gasteiger partial charge in [0, 0.05) is 18.4 Å². The van der Waals surface area contributed by atoms with Crippen LogP contribution in [0.4, 0.5) is 17.6 Å². The van der Waals surface area contributed by atoms with Crippen molar-refractivity contribution >= 4 is 0 Å². The van der Waals surface area contributed by atoms with E-state index in [9.17, 15) is 17.6 Å². The molecular formula is C15H27F4N. The van der Waals surface area contributed by atoms with Crippen LogP contribution in [0.5, 0.6) is 0 Å². The molecule has 1 heterocycles. The summed E-state index contributed by atoms with van der Waals surface area (Å²) in [7, 11) is 0. The summed E-state index contributed by atoms with van der Waals surface area (Å²) in [4.78, 5) is 1.77. The second kappa shape index (κ2) is 5.15. The largest absolute Gasteiger partial charge is 0.286 e. The summed E-state index contributed by atoms with van der Waals surface area (Å²) in [6.07, 6.45) is 0.188. The van der Waals surface area contributed by atoms with Gasteiger partial charge in [-0.2, -0.15) is 0 Å². The maximum Gasteiger partial charge on any atom is 0.272 e. The van der Waals surface area contributed by atoms with E-state index in [0.29, 0.717) is 0 Å². The molecule has 0 aromatic carbocycles. The van der Waals surface area contributed by atoms with Crippen LogP contribution >= 0.6 is 0 Å². The van der Waals surface area contributed by atoms with Crippen LogP contribution < -0.4 is 0 Å². The van der Waals surface area contributed by atoms with E-state index in [-0.39, 0.29) is 42.8 Å². The number of likely N-dealkylation sites (tertiary alicyclic amines) is 1.